The first-order valence-electron chi connectivity index (χ1n) is 6.14. The first-order valence-corrected chi connectivity index (χ1v) is 7.62. The van der Waals surface area contributed by atoms with Crippen molar-refractivity contribution in [2.24, 2.45) is 0 Å². The molecule has 0 unspecified atom stereocenters. The van der Waals surface area contributed by atoms with Crippen molar-refractivity contribution in [2.45, 2.75) is 25.3 Å². The summed E-state index contributed by atoms with van der Waals surface area (Å²) in [5.74, 6) is 0. The molecule has 0 amide bonds. The molecule has 1 heterocycles. The predicted octanol–water partition coefficient (Wildman–Crippen LogP) is 1.92. The summed E-state index contributed by atoms with van der Waals surface area (Å²) in [5.41, 5.74) is 0.456. The largest absolute Gasteiger partial charge is 0.279 e. The summed E-state index contributed by atoms with van der Waals surface area (Å²) in [7, 11) is -3.81. The Balaban J connectivity index is 2.32. The molecule has 2 aromatic rings. The number of nitro groups is 1. The highest BCUT2D eigenvalue weighted by Crippen LogP contribution is 2.24. The molecule has 8 nitrogen and oxygen atoms in total. The molecule has 112 valence electrons. The molecule has 21 heavy (non-hydrogen) atoms. The topological polar surface area (TPSA) is 107 Å². The van der Waals surface area contributed by atoms with Crippen LogP contribution in [-0.2, 0) is 16.6 Å². The molecule has 0 bridgehead atoms. The summed E-state index contributed by atoms with van der Waals surface area (Å²) >= 11 is 0. The van der Waals surface area contributed by atoms with E-state index in [9.17, 15) is 18.5 Å². The molecule has 0 aliphatic carbocycles. The molecular weight excluding hydrogens is 296 g/mol. The van der Waals surface area contributed by atoms with Crippen molar-refractivity contribution in [3.05, 3.63) is 46.3 Å². The zero-order valence-corrected chi connectivity index (χ0v) is 12.3. The molecule has 0 atom stereocenters. The van der Waals surface area contributed by atoms with E-state index < -0.39 is 14.9 Å². The number of nitro benzene ring substituents is 1. The van der Waals surface area contributed by atoms with Crippen molar-refractivity contribution in [1.29, 1.82) is 0 Å². The van der Waals surface area contributed by atoms with Gasteiger partial charge in [0.05, 0.1) is 16.8 Å². The Hall–Kier alpha value is -2.42. The average Bonchev–Trinajstić information content (AvgIpc) is 2.90. The zero-order chi connectivity index (χ0) is 15.6. The summed E-state index contributed by atoms with van der Waals surface area (Å²) in [6.45, 7) is 3.97. The second-order valence-electron chi connectivity index (χ2n) is 4.40. The maximum Gasteiger partial charge on any atom is 0.274 e. The molecular formula is C12H14N4O4S. The van der Waals surface area contributed by atoms with Gasteiger partial charge in [-0.15, -0.1) is 0 Å². The lowest BCUT2D eigenvalue weighted by Gasteiger charge is -2.06. The number of nitrogens with one attached hydrogen (secondary N) is 1. The number of aromatic nitrogens is 2. The summed E-state index contributed by atoms with van der Waals surface area (Å²) in [5, 5.41) is 14.8. The van der Waals surface area contributed by atoms with Crippen LogP contribution in [0, 0.1) is 17.0 Å². The Morgan fingerprint density at radius 3 is 2.71 bits per heavy atom. The quantitative estimate of drug-likeness (QED) is 0.670. The first-order chi connectivity index (χ1) is 9.83. The van der Waals surface area contributed by atoms with Crippen molar-refractivity contribution in [1.82, 2.24) is 9.78 Å². The number of hydrogen-bond acceptors (Lipinski definition) is 5. The van der Waals surface area contributed by atoms with Gasteiger partial charge in [-0.1, -0.05) is 6.07 Å². The number of sulfonamides is 1. The Morgan fingerprint density at radius 2 is 2.14 bits per heavy atom. The Morgan fingerprint density at radius 1 is 1.43 bits per heavy atom. The van der Waals surface area contributed by atoms with E-state index in [0.29, 0.717) is 12.1 Å². The van der Waals surface area contributed by atoms with E-state index in [4.69, 9.17) is 0 Å². The SMILES string of the molecule is CCn1cc(S(=O)(=O)Nc2ccc(C)c([N+](=O)[O-])c2)cn1. The molecule has 9 heteroatoms. The first kappa shape index (κ1) is 15.0. The van der Waals surface area contributed by atoms with Gasteiger partial charge >= 0.3 is 0 Å². The van der Waals surface area contributed by atoms with Crippen LogP contribution in [0.1, 0.15) is 12.5 Å². The van der Waals surface area contributed by atoms with Gasteiger partial charge in [-0.3, -0.25) is 19.5 Å². The molecule has 0 saturated heterocycles. The lowest BCUT2D eigenvalue weighted by Crippen LogP contribution is -2.12. The van der Waals surface area contributed by atoms with Crippen LogP contribution in [0.2, 0.25) is 0 Å². The van der Waals surface area contributed by atoms with Gasteiger partial charge in [-0.2, -0.15) is 5.10 Å². The van der Waals surface area contributed by atoms with E-state index in [0.717, 1.165) is 0 Å². The molecule has 0 saturated carbocycles. The Labute approximate surface area is 121 Å². The molecule has 1 aromatic carbocycles. The highest BCUT2D eigenvalue weighted by molar-refractivity contribution is 7.92. The van der Waals surface area contributed by atoms with E-state index in [1.165, 1.54) is 35.3 Å². The molecule has 1 aromatic heterocycles. The summed E-state index contributed by atoms with van der Waals surface area (Å²) < 4.78 is 28.1. The van der Waals surface area contributed by atoms with Crippen LogP contribution in [0.3, 0.4) is 0 Å². The van der Waals surface area contributed by atoms with E-state index in [2.05, 4.69) is 9.82 Å². The van der Waals surface area contributed by atoms with Gasteiger partial charge in [-0.25, -0.2) is 8.42 Å². The minimum Gasteiger partial charge on any atom is -0.279 e. The van der Waals surface area contributed by atoms with E-state index in [-0.39, 0.29) is 16.3 Å². The van der Waals surface area contributed by atoms with Crippen LogP contribution < -0.4 is 4.72 Å². The van der Waals surface area contributed by atoms with Crippen molar-refractivity contribution < 1.29 is 13.3 Å². The van der Waals surface area contributed by atoms with Crippen molar-refractivity contribution in [3.8, 4) is 0 Å². The molecule has 0 radical (unpaired) electrons. The average molecular weight is 310 g/mol. The molecule has 0 aliphatic heterocycles. The lowest BCUT2D eigenvalue weighted by molar-refractivity contribution is -0.385. The third-order valence-corrected chi connectivity index (χ3v) is 4.24. The molecule has 2 rings (SSSR count). The number of hydrogen-bond donors (Lipinski definition) is 1. The normalized spacial score (nSPS) is 11.3. The predicted molar refractivity (Wildman–Crippen MR) is 76.5 cm³/mol. The molecule has 0 aliphatic rings. The number of aryl methyl sites for hydroxylation is 2. The second kappa shape index (κ2) is 5.52. The van der Waals surface area contributed by atoms with Crippen LogP contribution in [0.5, 0.6) is 0 Å². The second-order valence-corrected chi connectivity index (χ2v) is 6.08. The van der Waals surface area contributed by atoms with Gasteiger partial charge in [0.25, 0.3) is 15.7 Å². The standard InChI is InChI=1S/C12H14N4O4S/c1-3-15-8-11(7-13-15)21(19,20)14-10-5-4-9(2)12(6-10)16(17)18/h4-8,14H,3H2,1-2H3. The van der Waals surface area contributed by atoms with Gasteiger partial charge in [0, 0.05) is 24.4 Å². The molecule has 1 N–H and O–H groups in total. The van der Waals surface area contributed by atoms with E-state index >= 15 is 0 Å². The molecule has 0 spiro atoms. The summed E-state index contributed by atoms with van der Waals surface area (Å²) in [6, 6.07) is 4.16. The number of rotatable bonds is 5. The third-order valence-electron chi connectivity index (χ3n) is 2.90. The Bertz CT molecular complexity index is 782. The van der Waals surface area contributed by atoms with Crippen molar-refractivity contribution in [3.63, 3.8) is 0 Å². The van der Waals surface area contributed by atoms with Gasteiger partial charge in [0.1, 0.15) is 4.90 Å². The fraction of sp³-hybridized carbons (Fsp3) is 0.250. The zero-order valence-electron chi connectivity index (χ0n) is 11.5. The van der Waals surface area contributed by atoms with Crippen molar-refractivity contribution >= 4 is 21.4 Å². The van der Waals surface area contributed by atoms with Crippen LogP contribution in [0.15, 0.2) is 35.5 Å². The molecule has 0 fully saturated rings. The monoisotopic (exact) mass is 310 g/mol. The van der Waals surface area contributed by atoms with Gasteiger partial charge in [0.15, 0.2) is 0 Å². The lowest BCUT2D eigenvalue weighted by atomic mass is 10.2. The van der Waals surface area contributed by atoms with Gasteiger partial charge in [-0.05, 0) is 19.9 Å². The van der Waals surface area contributed by atoms with E-state index in [1.807, 2.05) is 6.92 Å². The summed E-state index contributed by atoms with van der Waals surface area (Å²) in [4.78, 5) is 10.3. The third kappa shape index (κ3) is 3.19. The fourth-order valence-corrected chi connectivity index (χ4v) is 2.74. The highest BCUT2D eigenvalue weighted by Gasteiger charge is 2.18. The highest BCUT2D eigenvalue weighted by atomic mass is 32.2. The van der Waals surface area contributed by atoms with E-state index in [1.54, 1.807) is 6.92 Å². The maximum absolute atomic E-state index is 12.2. The Kier molecular flexibility index (Phi) is 3.94. The van der Waals surface area contributed by atoms with Crippen LogP contribution in [-0.4, -0.2) is 23.1 Å². The maximum atomic E-state index is 12.2. The van der Waals surface area contributed by atoms with Gasteiger partial charge in [0.2, 0.25) is 0 Å². The number of nitrogens with zero attached hydrogens (tertiary/aromatic N) is 3. The smallest absolute Gasteiger partial charge is 0.274 e. The minimum absolute atomic E-state index is 0.00702. The van der Waals surface area contributed by atoms with Gasteiger partial charge < -0.3 is 0 Å². The van der Waals surface area contributed by atoms with Crippen molar-refractivity contribution in [2.75, 3.05) is 4.72 Å². The van der Waals surface area contributed by atoms with Crippen LogP contribution >= 0.6 is 0 Å². The van der Waals surface area contributed by atoms with Crippen LogP contribution in [0.25, 0.3) is 0 Å². The van der Waals surface area contributed by atoms with Crippen LogP contribution in [0.4, 0.5) is 11.4 Å². The summed E-state index contributed by atoms with van der Waals surface area (Å²) in [6.07, 6.45) is 2.62. The number of anilines is 1. The fourth-order valence-electron chi connectivity index (χ4n) is 1.74. The minimum atomic E-state index is -3.81. The number of benzene rings is 1.